The molecule has 2 aliphatic heterocycles. The smallest absolute Gasteiger partial charge is 0.317 e. The quantitative estimate of drug-likeness (QED) is 0.793. The van der Waals surface area contributed by atoms with Gasteiger partial charge in [-0.1, -0.05) is 0 Å². The second-order valence-electron chi connectivity index (χ2n) is 5.72. The molecule has 2 amide bonds. The van der Waals surface area contributed by atoms with Gasteiger partial charge in [-0.2, -0.15) is 0 Å². The lowest BCUT2D eigenvalue weighted by Crippen LogP contribution is -2.50. The average molecular weight is 283 g/mol. The van der Waals surface area contributed by atoms with Crippen LogP contribution in [0.3, 0.4) is 0 Å². The first-order valence-electron chi connectivity index (χ1n) is 7.65. The van der Waals surface area contributed by atoms with Crippen molar-refractivity contribution in [2.45, 2.75) is 44.6 Å². The lowest BCUT2D eigenvalue weighted by Gasteiger charge is -2.35. The van der Waals surface area contributed by atoms with Crippen LogP contribution in [0.5, 0.6) is 0 Å². The number of carboxylic acids is 1. The largest absolute Gasteiger partial charge is 0.481 e. The molecule has 0 aromatic carbocycles. The van der Waals surface area contributed by atoms with Crippen LogP contribution in [0.2, 0.25) is 0 Å². The van der Waals surface area contributed by atoms with Gasteiger partial charge in [-0.3, -0.25) is 4.79 Å². The molecule has 20 heavy (non-hydrogen) atoms. The second-order valence-corrected chi connectivity index (χ2v) is 5.72. The Kier molecular flexibility index (Phi) is 5.64. The molecular formula is C14H25N3O3. The zero-order valence-corrected chi connectivity index (χ0v) is 12.0. The summed E-state index contributed by atoms with van der Waals surface area (Å²) in [6.07, 6.45) is 5.33. The molecular weight excluding hydrogens is 258 g/mol. The summed E-state index contributed by atoms with van der Waals surface area (Å²) in [4.78, 5) is 27.1. The van der Waals surface area contributed by atoms with E-state index in [-0.39, 0.29) is 18.5 Å². The Hall–Kier alpha value is -1.30. The number of carbonyl (C=O) groups is 2. The van der Waals surface area contributed by atoms with Crippen molar-refractivity contribution in [1.82, 2.24) is 15.1 Å². The molecule has 2 N–H and O–H groups in total. The minimum Gasteiger partial charge on any atom is -0.481 e. The summed E-state index contributed by atoms with van der Waals surface area (Å²) < 4.78 is 0. The molecule has 0 aromatic rings. The molecule has 6 nitrogen and oxygen atoms in total. The Morgan fingerprint density at radius 2 is 1.80 bits per heavy atom. The Labute approximate surface area is 120 Å². The first-order valence-corrected chi connectivity index (χ1v) is 7.65. The third-order valence-electron chi connectivity index (χ3n) is 4.20. The first-order chi connectivity index (χ1) is 9.66. The van der Waals surface area contributed by atoms with Crippen LogP contribution in [0.15, 0.2) is 0 Å². The van der Waals surface area contributed by atoms with Crippen LogP contribution >= 0.6 is 0 Å². The van der Waals surface area contributed by atoms with Crippen molar-refractivity contribution in [3.63, 3.8) is 0 Å². The van der Waals surface area contributed by atoms with Gasteiger partial charge in [0, 0.05) is 25.7 Å². The minimum absolute atomic E-state index is 0.0551. The van der Waals surface area contributed by atoms with Crippen LogP contribution in [0, 0.1) is 0 Å². The van der Waals surface area contributed by atoms with E-state index >= 15 is 0 Å². The molecule has 0 saturated carbocycles. The zero-order chi connectivity index (χ0) is 14.4. The first kappa shape index (κ1) is 15.1. The number of carbonyl (C=O) groups excluding carboxylic acids is 1. The highest BCUT2D eigenvalue weighted by Crippen LogP contribution is 2.19. The number of hydrogen-bond acceptors (Lipinski definition) is 3. The maximum atomic E-state index is 12.2. The topological polar surface area (TPSA) is 72.9 Å². The Morgan fingerprint density at radius 1 is 1.10 bits per heavy atom. The van der Waals surface area contributed by atoms with E-state index in [2.05, 4.69) is 10.2 Å². The molecule has 0 aliphatic carbocycles. The van der Waals surface area contributed by atoms with Gasteiger partial charge in [0.05, 0.1) is 6.42 Å². The average Bonchev–Trinajstić information content (AvgIpc) is 2.91. The number of nitrogens with zero attached hydrogens (tertiary/aromatic N) is 2. The molecule has 0 bridgehead atoms. The fourth-order valence-corrected chi connectivity index (χ4v) is 3.11. The molecule has 1 unspecified atom stereocenters. The van der Waals surface area contributed by atoms with Gasteiger partial charge < -0.3 is 20.2 Å². The van der Waals surface area contributed by atoms with E-state index in [1.165, 1.54) is 12.8 Å². The number of aliphatic carboxylic acids is 1. The normalized spacial score (nSPS) is 23.8. The van der Waals surface area contributed by atoms with Crippen LogP contribution in [0.25, 0.3) is 0 Å². The summed E-state index contributed by atoms with van der Waals surface area (Å²) in [7, 11) is 0. The summed E-state index contributed by atoms with van der Waals surface area (Å²) in [5, 5.41) is 11.9. The molecule has 2 saturated heterocycles. The van der Waals surface area contributed by atoms with Crippen molar-refractivity contribution in [1.29, 1.82) is 0 Å². The third-order valence-corrected chi connectivity index (χ3v) is 4.20. The number of urea groups is 1. The molecule has 1 atom stereocenters. The second kappa shape index (κ2) is 7.47. The number of piperidine rings is 1. The lowest BCUT2D eigenvalue weighted by atomic mass is 10.00. The van der Waals surface area contributed by atoms with Crippen LogP contribution in [0.4, 0.5) is 4.79 Å². The van der Waals surface area contributed by atoms with Crippen LogP contribution in [-0.2, 0) is 4.79 Å². The monoisotopic (exact) mass is 283 g/mol. The van der Waals surface area contributed by atoms with Crippen molar-refractivity contribution in [3.8, 4) is 0 Å². The molecule has 114 valence electrons. The summed E-state index contributed by atoms with van der Waals surface area (Å²) in [6.45, 7) is 4.47. The van der Waals surface area contributed by atoms with Crippen molar-refractivity contribution >= 4 is 12.0 Å². The summed E-state index contributed by atoms with van der Waals surface area (Å²) in [6, 6.07) is -0.247. The fraction of sp³-hybridized carbons (Fsp3) is 0.857. The van der Waals surface area contributed by atoms with Crippen LogP contribution in [0.1, 0.15) is 38.5 Å². The van der Waals surface area contributed by atoms with E-state index in [1.54, 1.807) is 4.90 Å². The van der Waals surface area contributed by atoms with E-state index < -0.39 is 5.97 Å². The van der Waals surface area contributed by atoms with Gasteiger partial charge in [0.25, 0.3) is 0 Å². The molecule has 2 fully saturated rings. The van der Waals surface area contributed by atoms with Crippen LogP contribution in [-0.4, -0.2) is 65.7 Å². The molecule has 0 spiro atoms. The number of likely N-dealkylation sites (tertiary alicyclic amines) is 2. The molecule has 2 aliphatic rings. The van der Waals surface area contributed by atoms with Crippen molar-refractivity contribution in [2.24, 2.45) is 0 Å². The summed E-state index contributed by atoms with van der Waals surface area (Å²) >= 11 is 0. The Morgan fingerprint density at radius 3 is 2.50 bits per heavy atom. The van der Waals surface area contributed by atoms with Crippen molar-refractivity contribution < 1.29 is 14.7 Å². The van der Waals surface area contributed by atoms with Gasteiger partial charge in [-0.05, 0) is 45.2 Å². The van der Waals surface area contributed by atoms with Gasteiger partial charge >= 0.3 is 12.0 Å². The van der Waals surface area contributed by atoms with Gasteiger partial charge in [-0.15, -0.1) is 0 Å². The van der Waals surface area contributed by atoms with E-state index in [0.29, 0.717) is 13.1 Å². The van der Waals surface area contributed by atoms with Crippen LogP contribution < -0.4 is 5.32 Å². The number of carboxylic acid groups (broad SMARTS) is 1. The highest BCUT2D eigenvalue weighted by molar-refractivity contribution is 5.76. The molecule has 2 heterocycles. The SMILES string of the molecule is O=C(O)CC1CCCCN1C(=O)NCCN1CCCC1. The van der Waals surface area contributed by atoms with E-state index in [9.17, 15) is 9.59 Å². The third kappa shape index (κ3) is 4.37. The number of amides is 2. The van der Waals surface area contributed by atoms with Crippen molar-refractivity contribution in [3.05, 3.63) is 0 Å². The summed E-state index contributed by atoms with van der Waals surface area (Å²) in [5.41, 5.74) is 0. The highest BCUT2D eigenvalue weighted by Gasteiger charge is 2.28. The van der Waals surface area contributed by atoms with Gasteiger partial charge in [0.2, 0.25) is 0 Å². The van der Waals surface area contributed by atoms with E-state index in [1.807, 2.05) is 0 Å². The molecule has 2 rings (SSSR count). The number of hydrogen-bond donors (Lipinski definition) is 2. The number of rotatable bonds is 5. The van der Waals surface area contributed by atoms with Gasteiger partial charge in [0.15, 0.2) is 0 Å². The van der Waals surface area contributed by atoms with Gasteiger partial charge in [0.1, 0.15) is 0 Å². The minimum atomic E-state index is -0.827. The zero-order valence-electron chi connectivity index (χ0n) is 12.0. The lowest BCUT2D eigenvalue weighted by molar-refractivity contribution is -0.138. The molecule has 6 heteroatoms. The number of nitrogens with one attached hydrogen (secondary N) is 1. The molecule has 0 radical (unpaired) electrons. The van der Waals surface area contributed by atoms with E-state index in [4.69, 9.17) is 5.11 Å². The summed E-state index contributed by atoms with van der Waals surface area (Å²) in [5.74, 6) is -0.827. The molecule has 0 aromatic heterocycles. The van der Waals surface area contributed by atoms with E-state index in [0.717, 1.165) is 38.9 Å². The predicted octanol–water partition coefficient (Wildman–Crippen LogP) is 1.12. The standard InChI is InChI=1S/C14H25N3O3/c18-13(19)11-12-5-1-2-9-17(12)14(20)15-6-10-16-7-3-4-8-16/h12H,1-11H2,(H,15,20)(H,18,19). The maximum Gasteiger partial charge on any atom is 0.317 e. The highest BCUT2D eigenvalue weighted by atomic mass is 16.4. The Bertz CT molecular complexity index is 343. The maximum absolute atomic E-state index is 12.2. The van der Waals surface area contributed by atoms with Crippen molar-refractivity contribution in [2.75, 3.05) is 32.7 Å². The van der Waals surface area contributed by atoms with Gasteiger partial charge in [-0.25, -0.2) is 4.79 Å². The fourth-order valence-electron chi connectivity index (χ4n) is 3.11. The Balaban J connectivity index is 1.74. The predicted molar refractivity (Wildman–Crippen MR) is 75.7 cm³/mol.